The van der Waals surface area contributed by atoms with Crippen molar-refractivity contribution in [2.75, 3.05) is 19.1 Å². The fraction of sp³-hybridized carbons (Fsp3) is 0.417. The van der Waals surface area contributed by atoms with Gasteiger partial charge in [-0.1, -0.05) is 51.7 Å². The third kappa shape index (κ3) is 8.45. The minimum atomic E-state index is -0.298. The van der Waals surface area contributed by atoms with E-state index in [1.54, 1.807) is 16.7 Å². The Morgan fingerprint density at radius 3 is 2.39 bits per heavy atom. The molecule has 3 aromatic rings. The lowest BCUT2D eigenvalue weighted by Crippen LogP contribution is -1.97. The Labute approximate surface area is 184 Å². The number of alkyl halides is 1. The average molecular weight is 436 g/mol. The molecule has 0 aliphatic carbocycles. The van der Waals surface area contributed by atoms with Crippen LogP contribution in [0.4, 0.5) is 14.6 Å². The summed E-state index contributed by atoms with van der Waals surface area (Å²) in [6, 6.07) is 8.61. The lowest BCUT2D eigenvalue weighted by molar-refractivity contribution is -0.105. The highest BCUT2D eigenvalue weighted by atomic mass is 19.1. The maximum atomic E-state index is 14.0. The van der Waals surface area contributed by atoms with Crippen molar-refractivity contribution in [3.8, 4) is 11.1 Å². The summed E-state index contributed by atoms with van der Waals surface area (Å²) in [5.41, 5.74) is 2.81. The van der Waals surface area contributed by atoms with Gasteiger partial charge in [0.2, 0.25) is 6.41 Å². The molecule has 3 rings (SSSR count). The summed E-state index contributed by atoms with van der Waals surface area (Å²) in [6.07, 6.45) is 9.65. The van der Waals surface area contributed by atoms with Gasteiger partial charge in [-0.2, -0.15) is 0 Å². The van der Waals surface area contributed by atoms with Crippen molar-refractivity contribution in [2.45, 2.75) is 53.1 Å². The Kier molecular flexibility index (Phi) is 12.8. The SMILES string of the molecule is CCCCCC.CCF.COCc1c(F)cccc1-c1ccc2nc(NC=O)cn2c1.[HH]. The van der Waals surface area contributed by atoms with Crippen molar-refractivity contribution in [3.05, 3.63) is 54.1 Å². The number of pyridine rings is 1. The Balaban J connectivity index is 0.000000825. The number of imidazole rings is 1. The number of hydrogen-bond donors (Lipinski definition) is 1. The van der Waals surface area contributed by atoms with Gasteiger partial charge < -0.3 is 14.5 Å². The predicted octanol–water partition coefficient (Wildman–Crippen LogP) is 6.66. The molecule has 0 aliphatic heterocycles. The van der Waals surface area contributed by atoms with E-state index in [2.05, 4.69) is 24.1 Å². The zero-order chi connectivity index (χ0) is 23.1. The number of aromatic nitrogens is 2. The molecule has 1 aromatic carbocycles. The third-order valence-electron chi connectivity index (χ3n) is 4.33. The van der Waals surface area contributed by atoms with Gasteiger partial charge in [0.25, 0.3) is 0 Å². The number of methoxy groups -OCH3 is 1. The van der Waals surface area contributed by atoms with Crippen LogP contribution in [0, 0.1) is 5.82 Å². The van der Waals surface area contributed by atoms with E-state index in [0.29, 0.717) is 23.4 Å². The molecule has 7 heteroatoms. The van der Waals surface area contributed by atoms with Gasteiger partial charge in [0.05, 0.1) is 19.5 Å². The summed E-state index contributed by atoms with van der Waals surface area (Å²) in [7, 11) is 1.53. The van der Waals surface area contributed by atoms with Gasteiger partial charge in [-0.25, -0.2) is 9.37 Å². The number of nitrogens with zero attached hydrogens (tertiary/aromatic N) is 2. The molecule has 2 heterocycles. The first-order valence-corrected chi connectivity index (χ1v) is 10.6. The molecule has 2 aromatic heterocycles. The monoisotopic (exact) mass is 435 g/mol. The van der Waals surface area contributed by atoms with Crippen LogP contribution >= 0.6 is 0 Å². The number of nitrogens with one attached hydrogen (secondary N) is 1. The highest BCUT2D eigenvalue weighted by Gasteiger charge is 2.11. The van der Waals surface area contributed by atoms with Crippen LogP contribution in [0.5, 0.6) is 0 Å². The molecular formula is C24H35F2N3O2. The number of hydrogen-bond acceptors (Lipinski definition) is 3. The Bertz CT molecular complexity index is 915. The van der Waals surface area contributed by atoms with Crippen LogP contribution in [0.25, 0.3) is 16.8 Å². The van der Waals surface area contributed by atoms with E-state index in [0.717, 1.165) is 11.1 Å². The lowest BCUT2D eigenvalue weighted by atomic mass is 10.0. The van der Waals surface area contributed by atoms with E-state index < -0.39 is 0 Å². The minimum absolute atomic E-state index is 0. The molecule has 0 saturated heterocycles. The Morgan fingerprint density at radius 2 is 1.81 bits per heavy atom. The third-order valence-corrected chi connectivity index (χ3v) is 4.33. The van der Waals surface area contributed by atoms with Gasteiger partial charge >= 0.3 is 0 Å². The van der Waals surface area contributed by atoms with Crippen LogP contribution in [0.1, 0.15) is 53.4 Å². The first-order chi connectivity index (χ1) is 15.1. The number of fused-ring (bicyclic) bond motifs is 1. The molecule has 5 nitrogen and oxygen atoms in total. The predicted molar refractivity (Wildman–Crippen MR) is 125 cm³/mol. The molecule has 0 radical (unpaired) electrons. The van der Waals surface area contributed by atoms with E-state index >= 15 is 0 Å². The minimum Gasteiger partial charge on any atom is -0.380 e. The second-order valence-electron chi connectivity index (χ2n) is 6.74. The number of benzene rings is 1. The number of amides is 1. The zero-order valence-corrected chi connectivity index (χ0v) is 18.8. The van der Waals surface area contributed by atoms with Gasteiger partial charge in [0.15, 0.2) is 5.82 Å². The maximum absolute atomic E-state index is 14.0. The number of ether oxygens (including phenoxy) is 1. The highest BCUT2D eigenvalue weighted by molar-refractivity contribution is 5.72. The van der Waals surface area contributed by atoms with E-state index in [4.69, 9.17) is 4.74 Å². The average Bonchev–Trinajstić information content (AvgIpc) is 3.17. The van der Waals surface area contributed by atoms with Crippen molar-refractivity contribution in [2.24, 2.45) is 0 Å². The fourth-order valence-corrected chi connectivity index (χ4v) is 2.90. The smallest absolute Gasteiger partial charge is 0.212 e. The van der Waals surface area contributed by atoms with Crippen LogP contribution in [0.15, 0.2) is 42.7 Å². The van der Waals surface area contributed by atoms with E-state index in [-0.39, 0.29) is 20.5 Å². The summed E-state index contributed by atoms with van der Waals surface area (Å²) in [4.78, 5) is 14.7. The van der Waals surface area contributed by atoms with Crippen LogP contribution < -0.4 is 5.32 Å². The first kappa shape index (κ1) is 26.2. The number of carbonyl (C=O) groups is 1. The van der Waals surface area contributed by atoms with Crippen molar-refractivity contribution < 1.29 is 19.7 Å². The number of unbranched alkanes of at least 4 members (excludes halogenated alkanes) is 3. The van der Waals surface area contributed by atoms with Crippen LogP contribution in [0.3, 0.4) is 0 Å². The van der Waals surface area contributed by atoms with Gasteiger partial charge in [0, 0.05) is 20.3 Å². The standard InChI is InChI=1S/C16H14FN3O2.C6H14.C2H5F.H2/c1-22-9-13-12(3-2-4-14(13)17)11-5-6-16-19-15(18-10-21)8-20(16)7-11;1-3-5-6-4-2;1-2-3;/h2-8,10H,9H2,1H3,(H,18,21);3-6H2,1-2H3;2H2,1H3;1H. The molecule has 0 saturated carbocycles. The normalized spacial score (nSPS) is 10.0. The number of rotatable bonds is 8. The fourth-order valence-electron chi connectivity index (χ4n) is 2.90. The molecule has 0 atom stereocenters. The molecule has 1 amide bonds. The van der Waals surface area contributed by atoms with Gasteiger partial charge in [-0.05, 0) is 36.2 Å². The van der Waals surface area contributed by atoms with E-state index in [9.17, 15) is 13.6 Å². The van der Waals surface area contributed by atoms with Crippen LogP contribution in [0.2, 0.25) is 0 Å². The van der Waals surface area contributed by atoms with Gasteiger partial charge in [-0.3, -0.25) is 9.18 Å². The van der Waals surface area contributed by atoms with Crippen molar-refractivity contribution >= 4 is 17.9 Å². The summed E-state index contributed by atoms with van der Waals surface area (Å²) in [5, 5.41) is 2.50. The molecule has 0 fully saturated rings. The highest BCUT2D eigenvalue weighted by Crippen LogP contribution is 2.27. The molecule has 31 heavy (non-hydrogen) atoms. The Morgan fingerprint density at radius 1 is 1.13 bits per heavy atom. The topological polar surface area (TPSA) is 55.6 Å². The van der Waals surface area contributed by atoms with Gasteiger partial charge in [-0.15, -0.1) is 0 Å². The summed E-state index contributed by atoms with van der Waals surface area (Å²) >= 11 is 0. The van der Waals surface area contributed by atoms with Crippen LogP contribution in [-0.4, -0.2) is 29.6 Å². The van der Waals surface area contributed by atoms with Crippen molar-refractivity contribution in [3.63, 3.8) is 0 Å². The first-order valence-electron chi connectivity index (χ1n) is 10.6. The van der Waals surface area contributed by atoms with Crippen molar-refractivity contribution in [1.82, 2.24) is 9.38 Å². The molecule has 0 unspecified atom stereocenters. The van der Waals surface area contributed by atoms with Crippen molar-refractivity contribution in [1.29, 1.82) is 0 Å². The molecular weight excluding hydrogens is 400 g/mol. The molecule has 1 N–H and O–H groups in total. The summed E-state index contributed by atoms with van der Waals surface area (Å²) in [5.74, 6) is 0.164. The Hall–Kier alpha value is -2.80. The quantitative estimate of drug-likeness (QED) is 0.318. The van der Waals surface area contributed by atoms with E-state index in [1.165, 1.54) is 45.8 Å². The summed E-state index contributed by atoms with van der Waals surface area (Å²) in [6.45, 7) is 5.87. The second kappa shape index (κ2) is 15.1. The van der Waals surface area contributed by atoms with Crippen LogP contribution in [-0.2, 0) is 16.1 Å². The number of anilines is 1. The van der Waals surface area contributed by atoms with E-state index in [1.807, 2.05) is 24.4 Å². The molecule has 172 valence electrons. The second-order valence-corrected chi connectivity index (χ2v) is 6.74. The number of halogens is 2. The molecule has 0 bridgehead atoms. The summed E-state index contributed by atoms with van der Waals surface area (Å²) < 4.78 is 31.2. The zero-order valence-electron chi connectivity index (χ0n) is 18.8. The van der Waals surface area contributed by atoms with Gasteiger partial charge in [0.1, 0.15) is 11.5 Å². The molecule has 0 spiro atoms. The number of carbonyl (C=O) groups excluding carboxylic acids is 1. The lowest BCUT2D eigenvalue weighted by Gasteiger charge is -2.10. The molecule has 0 aliphatic rings. The largest absolute Gasteiger partial charge is 0.380 e. The maximum Gasteiger partial charge on any atom is 0.212 e.